The van der Waals surface area contributed by atoms with E-state index in [0.29, 0.717) is 23.0 Å². The first-order valence-electron chi connectivity index (χ1n) is 8.25. The first kappa shape index (κ1) is 17.5. The number of nitriles is 1. The Morgan fingerprint density at radius 2 is 2.19 bits per heavy atom. The number of hydrogen-bond donors (Lipinski definition) is 0. The minimum absolute atomic E-state index is 0.430. The quantitative estimate of drug-likeness (QED) is 0.459. The molecule has 5 nitrogen and oxygen atoms in total. The molecule has 0 atom stereocenters. The lowest BCUT2D eigenvalue weighted by atomic mass is 10.1. The third-order valence-corrected chi connectivity index (χ3v) is 5.63. The summed E-state index contributed by atoms with van der Waals surface area (Å²) >= 11 is 7.65. The number of rotatable bonds is 3. The van der Waals surface area contributed by atoms with E-state index in [9.17, 15) is 0 Å². The minimum Gasteiger partial charge on any atom is -0.494 e. The lowest BCUT2D eigenvalue weighted by molar-refractivity contribution is 0.411. The molecule has 27 heavy (non-hydrogen) atoms. The van der Waals surface area contributed by atoms with Gasteiger partial charge in [-0.25, -0.2) is 9.97 Å². The molecule has 1 aliphatic heterocycles. The highest BCUT2D eigenvalue weighted by molar-refractivity contribution is 7.22. The van der Waals surface area contributed by atoms with Crippen LogP contribution >= 0.6 is 22.9 Å². The van der Waals surface area contributed by atoms with Crippen molar-refractivity contribution in [3.63, 3.8) is 0 Å². The second kappa shape index (κ2) is 7.03. The summed E-state index contributed by atoms with van der Waals surface area (Å²) in [7, 11) is 1.62. The number of anilines is 1. The summed E-state index contributed by atoms with van der Waals surface area (Å²) in [5, 5.41) is 10.4. The van der Waals surface area contributed by atoms with Gasteiger partial charge in [0.2, 0.25) is 0 Å². The largest absolute Gasteiger partial charge is 0.494 e. The van der Waals surface area contributed by atoms with E-state index in [4.69, 9.17) is 26.6 Å². The smallest absolute Gasteiger partial charge is 0.190 e. The van der Waals surface area contributed by atoms with Crippen LogP contribution in [0.4, 0.5) is 5.13 Å². The molecule has 2 aromatic heterocycles. The third-order valence-electron chi connectivity index (χ3n) is 4.39. The zero-order chi connectivity index (χ0) is 19.0. The number of allylic oxidation sites excluding steroid dienone is 3. The Kier molecular flexibility index (Phi) is 4.56. The van der Waals surface area contributed by atoms with Crippen LogP contribution < -0.4 is 9.64 Å². The van der Waals surface area contributed by atoms with E-state index < -0.39 is 0 Å². The first-order valence-corrected chi connectivity index (χ1v) is 9.45. The molecule has 7 heteroatoms. The topological polar surface area (TPSA) is 62.0 Å². The van der Waals surface area contributed by atoms with Crippen LogP contribution in [0.5, 0.6) is 5.75 Å². The number of thiazole rings is 1. The second-order valence-corrected chi connectivity index (χ2v) is 7.45. The average molecular weight is 396 g/mol. The maximum absolute atomic E-state index is 9.08. The highest BCUT2D eigenvalue weighted by atomic mass is 35.5. The minimum atomic E-state index is 0.430. The van der Waals surface area contributed by atoms with Gasteiger partial charge in [0.1, 0.15) is 10.9 Å². The molecule has 0 N–H and O–H groups in total. The fourth-order valence-electron chi connectivity index (χ4n) is 3.02. The number of nitrogens with zero attached hydrogens (tertiary/aromatic N) is 4. The second-order valence-electron chi connectivity index (χ2n) is 6.05. The lowest BCUT2D eigenvalue weighted by Crippen LogP contribution is -2.23. The van der Waals surface area contributed by atoms with Gasteiger partial charge in [0.25, 0.3) is 0 Å². The van der Waals surface area contributed by atoms with E-state index in [0.717, 1.165) is 32.2 Å². The summed E-state index contributed by atoms with van der Waals surface area (Å²) in [4.78, 5) is 10.9. The number of aromatic nitrogens is 2. The Labute approximate surface area is 165 Å². The van der Waals surface area contributed by atoms with Crippen LogP contribution in [0.25, 0.3) is 15.8 Å². The fourth-order valence-corrected chi connectivity index (χ4v) is 4.25. The zero-order valence-electron chi connectivity index (χ0n) is 14.7. The van der Waals surface area contributed by atoms with E-state index in [-0.39, 0.29) is 0 Å². The molecule has 1 aromatic carbocycles. The SMILES string of the molecule is COc1cnc(Cl)cc1C1=[13CH]CN(c2nc3ccc(C#N)cc3s2)C(C)=C1. The predicted molar refractivity (Wildman–Crippen MR) is 109 cm³/mol. The zero-order valence-corrected chi connectivity index (χ0v) is 16.3. The molecular weight excluding hydrogens is 381 g/mol. The summed E-state index contributed by atoms with van der Waals surface area (Å²) in [5.41, 5.74) is 4.57. The standard InChI is InChI=1S/C20H15ClN4OS/c1-12-7-14(15-9-19(21)23-11-17(15)26-2)5-6-25(12)20-24-16-4-3-13(10-22)8-18(16)27-20/h3-5,7-9,11H,6H2,1-2H3/i5+1. The summed E-state index contributed by atoms with van der Waals surface area (Å²) in [6.07, 6.45) is 5.84. The van der Waals surface area contributed by atoms with Gasteiger partial charge in [-0.3, -0.25) is 0 Å². The number of ether oxygens (including phenoxy) is 1. The maximum Gasteiger partial charge on any atom is 0.190 e. The normalized spacial score (nSPS) is 13.9. The van der Waals surface area contributed by atoms with Crippen molar-refractivity contribution in [2.24, 2.45) is 0 Å². The molecule has 3 heterocycles. The lowest BCUT2D eigenvalue weighted by Gasteiger charge is -2.26. The van der Waals surface area contributed by atoms with E-state index in [1.807, 2.05) is 18.2 Å². The molecular formula is C20H15ClN4OS. The number of pyridine rings is 1. The maximum atomic E-state index is 9.08. The van der Waals surface area contributed by atoms with Gasteiger partial charge in [-0.15, -0.1) is 0 Å². The van der Waals surface area contributed by atoms with Crippen molar-refractivity contribution in [1.82, 2.24) is 9.97 Å². The molecule has 0 spiro atoms. The van der Waals surface area contributed by atoms with Crippen molar-refractivity contribution in [2.45, 2.75) is 6.92 Å². The molecule has 0 saturated heterocycles. The Hall–Kier alpha value is -2.88. The molecule has 1 aliphatic rings. The van der Waals surface area contributed by atoms with Crippen molar-refractivity contribution < 1.29 is 4.74 Å². The highest BCUT2D eigenvalue weighted by Gasteiger charge is 2.19. The van der Waals surface area contributed by atoms with E-state index in [2.05, 4.69) is 35.0 Å². The van der Waals surface area contributed by atoms with Crippen LogP contribution in [0.1, 0.15) is 18.1 Å². The highest BCUT2D eigenvalue weighted by Crippen LogP contribution is 2.36. The van der Waals surface area contributed by atoms with Gasteiger partial charge in [0.05, 0.1) is 35.2 Å². The first-order chi connectivity index (χ1) is 13.1. The third kappa shape index (κ3) is 3.27. The fraction of sp³-hybridized carbons (Fsp3) is 0.150. The number of benzene rings is 1. The van der Waals surface area contributed by atoms with Crippen LogP contribution in [-0.4, -0.2) is 23.6 Å². The molecule has 4 rings (SSSR count). The molecule has 0 fully saturated rings. The van der Waals surface area contributed by atoms with Crippen molar-refractivity contribution >= 4 is 43.9 Å². The Bertz CT molecular complexity index is 1140. The molecule has 0 radical (unpaired) electrons. The van der Waals surface area contributed by atoms with Gasteiger partial charge in [-0.05, 0) is 42.8 Å². The Morgan fingerprint density at radius 3 is 2.93 bits per heavy atom. The van der Waals surface area contributed by atoms with Crippen LogP contribution in [0, 0.1) is 11.3 Å². The summed E-state index contributed by atoms with van der Waals surface area (Å²) in [5.74, 6) is 0.687. The molecule has 0 amide bonds. The Balaban J connectivity index is 1.67. The number of methoxy groups -OCH3 is 1. The number of fused-ring (bicyclic) bond motifs is 1. The van der Waals surface area contributed by atoms with Gasteiger partial charge in [0.15, 0.2) is 5.13 Å². The van der Waals surface area contributed by atoms with Crippen LogP contribution in [0.3, 0.4) is 0 Å². The van der Waals surface area contributed by atoms with Gasteiger partial charge in [0, 0.05) is 17.8 Å². The van der Waals surface area contributed by atoms with Gasteiger partial charge < -0.3 is 9.64 Å². The van der Waals surface area contributed by atoms with Gasteiger partial charge in [-0.1, -0.05) is 29.0 Å². The van der Waals surface area contributed by atoms with Crippen LogP contribution in [0.2, 0.25) is 5.15 Å². The summed E-state index contributed by atoms with van der Waals surface area (Å²) in [6.45, 7) is 2.74. The Morgan fingerprint density at radius 1 is 1.33 bits per heavy atom. The molecule has 0 bridgehead atoms. The average Bonchev–Trinajstić information content (AvgIpc) is 3.10. The van der Waals surface area contributed by atoms with Crippen LogP contribution in [-0.2, 0) is 0 Å². The van der Waals surface area contributed by atoms with Crippen molar-refractivity contribution in [2.75, 3.05) is 18.6 Å². The summed E-state index contributed by atoms with van der Waals surface area (Å²) in [6, 6.07) is 9.55. The van der Waals surface area contributed by atoms with Crippen molar-refractivity contribution in [1.29, 1.82) is 5.26 Å². The molecule has 134 valence electrons. The molecule has 0 saturated carbocycles. The molecule has 3 aromatic rings. The molecule has 0 aliphatic carbocycles. The monoisotopic (exact) mass is 395 g/mol. The van der Waals surface area contributed by atoms with E-state index in [1.54, 1.807) is 30.7 Å². The summed E-state index contributed by atoms with van der Waals surface area (Å²) < 4.78 is 6.43. The van der Waals surface area contributed by atoms with Crippen molar-refractivity contribution in [3.8, 4) is 11.8 Å². The van der Waals surface area contributed by atoms with E-state index >= 15 is 0 Å². The number of halogens is 1. The van der Waals surface area contributed by atoms with Crippen LogP contribution in [0.15, 0.2) is 48.3 Å². The number of hydrogen-bond acceptors (Lipinski definition) is 6. The van der Waals surface area contributed by atoms with E-state index in [1.165, 1.54) is 0 Å². The van der Waals surface area contributed by atoms with Crippen molar-refractivity contribution in [3.05, 3.63) is 64.6 Å². The van der Waals surface area contributed by atoms with Gasteiger partial charge >= 0.3 is 0 Å². The predicted octanol–water partition coefficient (Wildman–Crippen LogP) is 5.03. The molecule has 0 unspecified atom stereocenters. The van der Waals surface area contributed by atoms with Gasteiger partial charge in [-0.2, -0.15) is 5.26 Å².